The normalized spacial score (nSPS) is 11.0. The number of carboxylic acids is 1. The highest BCUT2D eigenvalue weighted by Gasteiger charge is 2.17. The molecular formula is C18H16FNO2. The number of aliphatic carboxylic acids is 1. The molecule has 1 aromatic heterocycles. The number of fused-ring (bicyclic) bond motifs is 1. The van der Waals surface area contributed by atoms with E-state index in [0.717, 1.165) is 16.8 Å². The van der Waals surface area contributed by atoms with Gasteiger partial charge in [-0.15, -0.1) is 0 Å². The minimum atomic E-state index is -0.911. The van der Waals surface area contributed by atoms with Crippen LogP contribution < -0.4 is 0 Å². The van der Waals surface area contributed by atoms with E-state index in [1.54, 1.807) is 6.07 Å². The number of rotatable bonds is 4. The van der Waals surface area contributed by atoms with E-state index in [2.05, 4.69) is 0 Å². The van der Waals surface area contributed by atoms with E-state index < -0.39 is 5.97 Å². The summed E-state index contributed by atoms with van der Waals surface area (Å²) in [5.41, 5.74) is 3.53. The van der Waals surface area contributed by atoms with Gasteiger partial charge in [-0.25, -0.2) is 4.39 Å². The second kappa shape index (κ2) is 5.64. The van der Waals surface area contributed by atoms with Crippen molar-refractivity contribution >= 4 is 16.9 Å². The summed E-state index contributed by atoms with van der Waals surface area (Å²) < 4.78 is 15.6. The Labute approximate surface area is 127 Å². The highest BCUT2D eigenvalue weighted by atomic mass is 19.1. The zero-order chi connectivity index (χ0) is 15.7. The summed E-state index contributed by atoms with van der Waals surface area (Å²) in [5.74, 6) is -1.26. The first-order valence-corrected chi connectivity index (χ1v) is 7.09. The lowest BCUT2D eigenvalue weighted by Crippen LogP contribution is -2.05. The molecule has 0 bridgehead atoms. The summed E-state index contributed by atoms with van der Waals surface area (Å²) in [6.07, 6.45) is -0.104. The molecule has 0 spiro atoms. The van der Waals surface area contributed by atoms with Gasteiger partial charge in [0, 0.05) is 23.1 Å². The van der Waals surface area contributed by atoms with Gasteiger partial charge in [0.15, 0.2) is 0 Å². The van der Waals surface area contributed by atoms with Gasteiger partial charge in [0.2, 0.25) is 0 Å². The van der Waals surface area contributed by atoms with Crippen LogP contribution in [0.2, 0.25) is 0 Å². The van der Waals surface area contributed by atoms with Crippen molar-refractivity contribution in [3.63, 3.8) is 0 Å². The van der Waals surface area contributed by atoms with Gasteiger partial charge in [-0.05, 0) is 36.2 Å². The third kappa shape index (κ3) is 2.60. The van der Waals surface area contributed by atoms with Gasteiger partial charge in [-0.2, -0.15) is 0 Å². The topological polar surface area (TPSA) is 42.2 Å². The Morgan fingerprint density at radius 2 is 1.91 bits per heavy atom. The SMILES string of the molecule is Cc1c(CC(=O)O)c2cc(F)ccc2n1Cc1ccccc1. The molecule has 0 aliphatic rings. The highest BCUT2D eigenvalue weighted by molar-refractivity contribution is 5.89. The number of carboxylic acid groups (broad SMARTS) is 1. The molecule has 0 saturated heterocycles. The van der Waals surface area contributed by atoms with E-state index in [9.17, 15) is 9.18 Å². The molecule has 3 aromatic rings. The molecule has 3 rings (SSSR count). The van der Waals surface area contributed by atoms with Crippen molar-refractivity contribution < 1.29 is 14.3 Å². The molecule has 3 nitrogen and oxygen atoms in total. The summed E-state index contributed by atoms with van der Waals surface area (Å²) in [6.45, 7) is 2.52. The van der Waals surface area contributed by atoms with E-state index in [-0.39, 0.29) is 12.2 Å². The molecule has 0 radical (unpaired) electrons. The van der Waals surface area contributed by atoms with Crippen LogP contribution in [-0.2, 0) is 17.8 Å². The fraction of sp³-hybridized carbons (Fsp3) is 0.167. The lowest BCUT2D eigenvalue weighted by atomic mass is 10.1. The van der Waals surface area contributed by atoms with E-state index in [1.807, 2.05) is 41.8 Å². The van der Waals surface area contributed by atoms with Crippen molar-refractivity contribution in [2.24, 2.45) is 0 Å². The van der Waals surface area contributed by atoms with E-state index in [4.69, 9.17) is 5.11 Å². The van der Waals surface area contributed by atoms with Crippen molar-refractivity contribution in [3.05, 3.63) is 71.2 Å². The third-order valence-electron chi connectivity index (χ3n) is 3.93. The van der Waals surface area contributed by atoms with Crippen LogP contribution in [0.5, 0.6) is 0 Å². The summed E-state index contributed by atoms with van der Waals surface area (Å²) in [5, 5.41) is 9.79. The zero-order valence-electron chi connectivity index (χ0n) is 12.2. The molecule has 0 amide bonds. The number of halogens is 1. The minimum Gasteiger partial charge on any atom is -0.481 e. The van der Waals surface area contributed by atoms with Crippen LogP contribution in [0.1, 0.15) is 16.8 Å². The average Bonchev–Trinajstić information content (AvgIpc) is 2.73. The van der Waals surface area contributed by atoms with Gasteiger partial charge in [-0.3, -0.25) is 4.79 Å². The smallest absolute Gasteiger partial charge is 0.307 e. The second-order valence-electron chi connectivity index (χ2n) is 5.37. The predicted octanol–water partition coefficient (Wildman–Crippen LogP) is 3.76. The Hall–Kier alpha value is -2.62. The standard InChI is InChI=1S/C18H16FNO2/c1-12-15(10-18(21)22)16-9-14(19)7-8-17(16)20(12)11-13-5-3-2-4-6-13/h2-9H,10-11H2,1H3,(H,21,22). The quantitative estimate of drug-likeness (QED) is 0.796. The molecule has 112 valence electrons. The summed E-state index contributed by atoms with van der Waals surface area (Å²) in [4.78, 5) is 11.1. The summed E-state index contributed by atoms with van der Waals surface area (Å²) in [7, 11) is 0. The Balaban J connectivity index is 2.17. The molecule has 0 aliphatic heterocycles. The highest BCUT2D eigenvalue weighted by Crippen LogP contribution is 2.28. The second-order valence-corrected chi connectivity index (χ2v) is 5.37. The largest absolute Gasteiger partial charge is 0.481 e. The van der Waals surface area contributed by atoms with Crippen LogP contribution in [0.25, 0.3) is 10.9 Å². The van der Waals surface area contributed by atoms with E-state index in [1.165, 1.54) is 12.1 Å². The molecule has 0 saturated carbocycles. The maximum absolute atomic E-state index is 13.6. The number of hydrogen-bond acceptors (Lipinski definition) is 1. The fourth-order valence-electron chi connectivity index (χ4n) is 2.87. The molecule has 0 aliphatic carbocycles. The minimum absolute atomic E-state index is 0.104. The van der Waals surface area contributed by atoms with Crippen LogP contribution in [0.4, 0.5) is 4.39 Å². The Kier molecular flexibility index (Phi) is 3.67. The number of benzene rings is 2. The first kappa shape index (κ1) is 14.3. The van der Waals surface area contributed by atoms with Crippen LogP contribution in [0, 0.1) is 12.7 Å². The molecule has 22 heavy (non-hydrogen) atoms. The molecule has 1 heterocycles. The molecule has 1 N–H and O–H groups in total. The zero-order valence-corrected chi connectivity index (χ0v) is 12.2. The molecule has 0 fully saturated rings. The maximum atomic E-state index is 13.6. The lowest BCUT2D eigenvalue weighted by Gasteiger charge is -2.09. The summed E-state index contributed by atoms with van der Waals surface area (Å²) >= 11 is 0. The van der Waals surface area contributed by atoms with Crippen LogP contribution in [0.3, 0.4) is 0 Å². The van der Waals surface area contributed by atoms with Gasteiger partial charge in [0.25, 0.3) is 0 Å². The number of carbonyl (C=O) groups is 1. The predicted molar refractivity (Wildman–Crippen MR) is 83.5 cm³/mol. The van der Waals surface area contributed by atoms with E-state index >= 15 is 0 Å². The number of nitrogens with zero attached hydrogens (tertiary/aromatic N) is 1. The molecule has 4 heteroatoms. The average molecular weight is 297 g/mol. The first-order chi connectivity index (χ1) is 10.6. The van der Waals surface area contributed by atoms with Crippen molar-refractivity contribution in [1.82, 2.24) is 4.57 Å². The first-order valence-electron chi connectivity index (χ1n) is 7.09. The fourth-order valence-corrected chi connectivity index (χ4v) is 2.87. The number of hydrogen-bond donors (Lipinski definition) is 1. The van der Waals surface area contributed by atoms with Gasteiger partial charge in [-0.1, -0.05) is 30.3 Å². The van der Waals surface area contributed by atoms with Crippen molar-refractivity contribution in [3.8, 4) is 0 Å². The molecule has 0 unspecified atom stereocenters. The van der Waals surface area contributed by atoms with Crippen LogP contribution in [0.15, 0.2) is 48.5 Å². The van der Waals surface area contributed by atoms with Gasteiger partial charge in [0.1, 0.15) is 5.82 Å². The Morgan fingerprint density at radius 1 is 1.18 bits per heavy atom. The van der Waals surface area contributed by atoms with Gasteiger partial charge in [0.05, 0.1) is 6.42 Å². The Morgan fingerprint density at radius 3 is 2.59 bits per heavy atom. The Bertz CT molecular complexity index is 837. The van der Waals surface area contributed by atoms with Gasteiger partial charge >= 0.3 is 5.97 Å². The maximum Gasteiger partial charge on any atom is 0.307 e. The van der Waals surface area contributed by atoms with Crippen LogP contribution >= 0.6 is 0 Å². The van der Waals surface area contributed by atoms with Gasteiger partial charge < -0.3 is 9.67 Å². The van der Waals surface area contributed by atoms with Crippen molar-refractivity contribution in [1.29, 1.82) is 0 Å². The molecule has 2 aromatic carbocycles. The third-order valence-corrected chi connectivity index (χ3v) is 3.93. The molecule has 0 atom stereocenters. The summed E-state index contributed by atoms with van der Waals surface area (Å²) in [6, 6.07) is 14.5. The monoisotopic (exact) mass is 297 g/mol. The lowest BCUT2D eigenvalue weighted by molar-refractivity contribution is -0.136. The number of aromatic nitrogens is 1. The van der Waals surface area contributed by atoms with Crippen molar-refractivity contribution in [2.75, 3.05) is 0 Å². The van der Waals surface area contributed by atoms with Crippen LogP contribution in [-0.4, -0.2) is 15.6 Å². The van der Waals surface area contributed by atoms with E-state index in [0.29, 0.717) is 17.5 Å². The molecular weight excluding hydrogens is 281 g/mol. The van der Waals surface area contributed by atoms with Crippen molar-refractivity contribution in [2.45, 2.75) is 19.9 Å².